The van der Waals surface area contributed by atoms with Gasteiger partial charge in [0.25, 0.3) is 11.5 Å². The molecule has 1 amide bonds. The van der Waals surface area contributed by atoms with Crippen molar-refractivity contribution < 1.29 is 9.32 Å². The molecule has 0 spiro atoms. The van der Waals surface area contributed by atoms with Crippen molar-refractivity contribution >= 4 is 17.5 Å². The number of hydrogen-bond donors (Lipinski definition) is 1. The van der Waals surface area contributed by atoms with Gasteiger partial charge in [-0.1, -0.05) is 65.3 Å². The number of aryl methyl sites for hydroxylation is 1. The van der Waals surface area contributed by atoms with E-state index < -0.39 is 0 Å². The molecule has 31 heavy (non-hydrogen) atoms. The summed E-state index contributed by atoms with van der Waals surface area (Å²) in [6, 6.07) is 18.1. The maximum absolute atomic E-state index is 12.8. The Hall–Kier alpha value is -3.71. The summed E-state index contributed by atoms with van der Waals surface area (Å²) < 4.78 is 6.68. The highest BCUT2D eigenvalue weighted by Gasteiger charge is 2.22. The summed E-state index contributed by atoms with van der Waals surface area (Å²) in [5, 5.41) is 7.28. The van der Waals surface area contributed by atoms with E-state index >= 15 is 0 Å². The fourth-order valence-corrected chi connectivity index (χ4v) is 3.44. The van der Waals surface area contributed by atoms with Crippen molar-refractivity contribution in [3.8, 4) is 22.5 Å². The lowest BCUT2D eigenvalue weighted by Gasteiger charge is -2.09. The number of benzene rings is 2. The third-order valence-corrected chi connectivity index (χ3v) is 5.14. The van der Waals surface area contributed by atoms with Crippen molar-refractivity contribution in [2.45, 2.75) is 13.5 Å². The van der Waals surface area contributed by atoms with E-state index in [1.165, 1.54) is 17.0 Å². The Balaban J connectivity index is 1.46. The molecule has 0 radical (unpaired) electrons. The molecule has 0 aliphatic heterocycles. The van der Waals surface area contributed by atoms with Crippen LogP contribution in [-0.4, -0.2) is 27.2 Å². The van der Waals surface area contributed by atoms with E-state index in [-0.39, 0.29) is 24.6 Å². The molecule has 156 valence electrons. The molecular formula is C23H19ClN4O3. The van der Waals surface area contributed by atoms with Crippen LogP contribution in [-0.2, 0) is 6.54 Å². The van der Waals surface area contributed by atoms with Crippen LogP contribution in [0.2, 0.25) is 5.02 Å². The lowest BCUT2D eigenvalue weighted by Crippen LogP contribution is -2.31. The molecule has 4 aromatic rings. The lowest BCUT2D eigenvalue weighted by atomic mass is 10.1. The van der Waals surface area contributed by atoms with E-state index in [0.717, 1.165) is 5.56 Å². The Morgan fingerprint density at radius 2 is 1.87 bits per heavy atom. The molecule has 2 heterocycles. The molecule has 0 unspecified atom stereocenters. The Morgan fingerprint density at radius 3 is 2.61 bits per heavy atom. The van der Waals surface area contributed by atoms with Gasteiger partial charge in [-0.25, -0.2) is 4.98 Å². The second-order valence-corrected chi connectivity index (χ2v) is 7.28. The van der Waals surface area contributed by atoms with Crippen LogP contribution in [0.3, 0.4) is 0 Å². The molecule has 0 bridgehead atoms. The molecule has 0 saturated carbocycles. The minimum atomic E-state index is -0.351. The maximum atomic E-state index is 12.8. The molecule has 7 nitrogen and oxygen atoms in total. The summed E-state index contributed by atoms with van der Waals surface area (Å²) in [7, 11) is 0. The average Bonchev–Trinajstić information content (AvgIpc) is 3.17. The first-order valence-corrected chi connectivity index (χ1v) is 10.0. The summed E-state index contributed by atoms with van der Waals surface area (Å²) in [4.78, 5) is 29.6. The third-order valence-electron chi connectivity index (χ3n) is 4.81. The first kappa shape index (κ1) is 20.6. The number of aromatic nitrogens is 3. The molecule has 0 saturated heterocycles. The number of carbonyl (C=O) groups excluding carboxylic acids is 1. The van der Waals surface area contributed by atoms with Crippen LogP contribution in [0.4, 0.5) is 0 Å². The second-order valence-electron chi connectivity index (χ2n) is 6.87. The number of rotatable bonds is 6. The fraction of sp³-hybridized carbons (Fsp3) is 0.130. The topological polar surface area (TPSA) is 90.0 Å². The minimum absolute atomic E-state index is 0.194. The third kappa shape index (κ3) is 4.41. The number of amides is 1. The van der Waals surface area contributed by atoms with Crippen molar-refractivity contribution in [2.75, 3.05) is 6.54 Å². The van der Waals surface area contributed by atoms with Gasteiger partial charge in [-0.05, 0) is 13.0 Å². The van der Waals surface area contributed by atoms with Crippen LogP contribution in [0.5, 0.6) is 0 Å². The standard InChI is InChI=1S/C23H19ClN4O3/c1-15-21(22(27-31-15)17-9-5-6-10-18(17)24)23(30)25-11-12-28-14-26-19(13-20(28)29)16-7-3-2-4-8-16/h2-10,13-14H,11-12H2,1H3,(H,25,30). The van der Waals surface area contributed by atoms with Crippen LogP contribution >= 0.6 is 11.6 Å². The zero-order chi connectivity index (χ0) is 21.8. The van der Waals surface area contributed by atoms with Gasteiger partial charge in [-0.2, -0.15) is 0 Å². The molecule has 0 aliphatic carbocycles. The Labute approximate surface area is 183 Å². The highest BCUT2D eigenvalue weighted by molar-refractivity contribution is 6.33. The summed E-state index contributed by atoms with van der Waals surface area (Å²) in [6.07, 6.45) is 1.48. The Bertz CT molecular complexity index is 1280. The predicted octanol–water partition coefficient (Wildman–Crippen LogP) is 3.96. The van der Waals surface area contributed by atoms with Gasteiger partial charge in [0.15, 0.2) is 0 Å². The first-order chi connectivity index (χ1) is 15.0. The fourth-order valence-electron chi connectivity index (χ4n) is 3.22. The van der Waals surface area contributed by atoms with E-state index in [0.29, 0.717) is 33.3 Å². The summed E-state index contributed by atoms with van der Waals surface area (Å²) >= 11 is 6.25. The van der Waals surface area contributed by atoms with Crippen molar-refractivity contribution in [1.29, 1.82) is 0 Å². The number of nitrogens with zero attached hydrogens (tertiary/aromatic N) is 3. The molecule has 8 heteroatoms. The smallest absolute Gasteiger partial charge is 0.257 e. The van der Waals surface area contributed by atoms with E-state index in [2.05, 4.69) is 15.5 Å². The molecule has 4 rings (SSSR count). The summed E-state index contributed by atoms with van der Waals surface area (Å²) in [5.41, 5.74) is 2.60. The van der Waals surface area contributed by atoms with Crippen molar-refractivity contribution in [3.05, 3.63) is 93.7 Å². The van der Waals surface area contributed by atoms with Gasteiger partial charge in [0.2, 0.25) is 0 Å². The van der Waals surface area contributed by atoms with Gasteiger partial charge < -0.3 is 9.84 Å². The number of carbonyl (C=O) groups is 1. The highest BCUT2D eigenvalue weighted by atomic mass is 35.5. The minimum Gasteiger partial charge on any atom is -0.360 e. The van der Waals surface area contributed by atoms with E-state index in [1.807, 2.05) is 36.4 Å². The quantitative estimate of drug-likeness (QED) is 0.496. The number of nitrogens with one attached hydrogen (secondary N) is 1. The molecule has 1 N–H and O–H groups in total. The van der Waals surface area contributed by atoms with Gasteiger partial charge >= 0.3 is 0 Å². The molecule has 0 atom stereocenters. The average molecular weight is 435 g/mol. The van der Waals surface area contributed by atoms with E-state index in [9.17, 15) is 9.59 Å². The molecule has 0 aliphatic rings. The van der Waals surface area contributed by atoms with Crippen molar-refractivity contribution in [3.63, 3.8) is 0 Å². The van der Waals surface area contributed by atoms with E-state index in [4.69, 9.17) is 16.1 Å². The van der Waals surface area contributed by atoms with Crippen molar-refractivity contribution in [1.82, 2.24) is 20.0 Å². The zero-order valence-electron chi connectivity index (χ0n) is 16.7. The Kier molecular flexibility index (Phi) is 5.95. The Morgan fingerprint density at radius 1 is 1.13 bits per heavy atom. The van der Waals surface area contributed by atoms with Gasteiger partial charge in [-0.15, -0.1) is 0 Å². The summed E-state index contributed by atoms with van der Waals surface area (Å²) in [5.74, 6) is 0.0362. The summed E-state index contributed by atoms with van der Waals surface area (Å²) in [6.45, 7) is 2.18. The maximum Gasteiger partial charge on any atom is 0.257 e. The highest BCUT2D eigenvalue weighted by Crippen LogP contribution is 2.30. The predicted molar refractivity (Wildman–Crippen MR) is 118 cm³/mol. The first-order valence-electron chi connectivity index (χ1n) is 9.66. The number of halogens is 1. The normalized spacial score (nSPS) is 10.8. The van der Waals surface area contributed by atoms with Crippen LogP contribution in [0, 0.1) is 6.92 Å². The molecular weight excluding hydrogens is 416 g/mol. The van der Waals surface area contributed by atoms with Crippen LogP contribution in [0.1, 0.15) is 16.1 Å². The molecule has 2 aromatic carbocycles. The van der Waals surface area contributed by atoms with E-state index in [1.54, 1.807) is 25.1 Å². The largest absolute Gasteiger partial charge is 0.360 e. The molecule has 0 fully saturated rings. The van der Waals surface area contributed by atoms with Crippen LogP contribution < -0.4 is 10.9 Å². The molecule has 2 aromatic heterocycles. The van der Waals surface area contributed by atoms with Crippen LogP contribution in [0.25, 0.3) is 22.5 Å². The second kappa shape index (κ2) is 8.97. The van der Waals surface area contributed by atoms with Gasteiger partial charge in [0, 0.05) is 30.3 Å². The van der Waals surface area contributed by atoms with Gasteiger partial charge in [-0.3, -0.25) is 14.2 Å². The van der Waals surface area contributed by atoms with Gasteiger partial charge in [0.05, 0.1) is 17.0 Å². The zero-order valence-corrected chi connectivity index (χ0v) is 17.5. The SMILES string of the molecule is Cc1onc(-c2ccccc2Cl)c1C(=O)NCCn1cnc(-c2ccccc2)cc1=O. The van der Waals surface area contributed by atoms with Gasteiger partial charge in [0.1, 0.15) is 17.0 Å². The lowest BCUT2D eigenvalue weighted by molar-refractivity contribution is 0.0951. The van der Waals surface area contributed by atoms with Crippen molar-refractivity contribution in [2.24, 2.45) is 0 Å². The monoisotopic (exact) mass is 434 g/mol. The van der Waals surface area contributed by atoms with Crippen LogP contribution in [0.15, 0.2) is 76.3 Å². The number of hydrogen-bond acceptors (Lipinski definition) is 5.